The van der Waals surface area contributed by atoms with Crippen molar-refractivity contribution in [2.24, 2.45) is 11.7 Å². The SMILES string of the molecule is C[C@@H](N)[C@@H]1CCCN(S(=O)(=O)c2c(F)cc(F)cc2F)C1. The van der Waals surface area contributed by atoms with Crippen molar-refractivity contribution in [1.82, 2.24) is 4.31 Å². The largest absolute Gasteiger partial charge is 0.328 e. The predicted molar refractivity (Wildman–Crippen MR) is 71.4 cm³/mol. The fourth-order valence-electron chi connectivity index (χ4n) is 2.53. The molecule has 1 saturated heterocycles. The lowest BCUT2D eigenvalue weighted by atomic mass is 9.93. The summed E-state index contributed by atoms with van der Waals surface area (Å²) in [5.41, 5.74) is 5.77. The average molecular weight is 322 g/mol. The van der Waals surface area contributed by atoms with Gasteiger partial charge in [0, 0.05) is 31.3 Å². The molecule has 0 radical (unpaired) electrons. The van der Waals surface area contributed by atoms with Gasteiger partial charge in [-0.15, -0.1) is 0 Å². The molecule has 1 aliphatic rings. The van der Waals surface area contributed by atoms with Crippen LogP contribution in [0.15, 0.2) is 17.0 Å². The molecule has 2 atom stereocenters. The first-order chi connectivity index (χ1) is 9.73. The summed E-state index contributed by atoms with van der Waals surface area (Å²) in [4.78, 5) is -1.10. The highest BCUT2D eigenvalue weighted by Gasteiger charge is 2.35. The van der Waals surface area contributed by atoms with E-state index < -0.39 is 32.4 Å². The zero-order chi connectivity index (χ0) is 15.8. The van der Waals surface area contributed by atoms with Gasteiger partial charge in [-0.05, 0) is 25.7 Å². The van der Waals surface area contributed by atoms with Gasteiger partial charge in [0.15, 0.2) is 4.90 Å². The van der Waals surface area contributed by atoms with E-state index in [1.807, 2.05) is 0 Å². The number of benzene rings is 1. The zero-order valence-corrected chi connectivity index (χ0v) is 12.3. The minimum absolute atomic E-state index is 0.0694. The molecule has 2 N–H and O–H groups in total. The Labute approximate surface area is 121 Å². The summed E-state index contributed by atoms with van der Waals surface area (Å²) in [6, 6.07) is 0.511. The molecule has 8 heteroatoms. The predicted octanol–water partition coefficient (Wildman–Crippen LogP) is 1.85. The number of piperidine rings is 1. The molecule has 1 aromatic rings. The number of rotatable bonds is 3. The standard InChI is InChI=1S/C13H17F3N2O2S/c1-8(17)9-3-2-4-18(7-9)21(19,20)13-11(15)5-10(14)6-12(13)16/h5-6,8-9H,2-4,7,17H2,1H3/t8-,9-/m1/s1. The molecule has 0 amide bonds. The molecule has 1 aliphatic heterocycles. The second-order valence-corrected chi connectivity index (χ2v) is 7.20. The van der Waals surface area contributed by atoms with Gasteiger partial charge in [0.2, 0.25) is 10.0 Å². The van der Waals surface area contributed by atoms with Crippen LogP contribution in [0.25, 0.3) is 0 Å². The molecule has 4 nitrogen and oxygen atoms in total. The molecule has 1 fully saturated rings. The molecular weight excluding hydrogens is 305 g/mol. The number of nitrogens with zero attached hydrogens (tertiary/aromatic N) is 1. The van der Waals surface area contributed by atoms with Gasteiger partial charge in [-0.1, -0.05) is 0 Å². The smallest absolute Gasteiger partial charge is 0.248 e. The molecule has 118 valence electrons. The summed E-state index contributed by atoms with van der Waals surface area (Å²) < 4.78 is 66.1. The molecule has 0 saturated carbocycles. The third-order valence-corrected chi connectivity index (χ3v) is 5.64. The van der Waals surface area contributed by atoms with Crippen molar-refractivity contribution in [3.63, 3.8) is 0 Å². The molecule has 0 aromatic heterocycles. The Kier molecular flexibility index (Phi) is 4.60. The van der Waals surface area contributed by atoms with Crippen LogP contribution < -0.4 is 5.73 Å². The number of sulfonamides is 1. The van der Waals surface area contributed by atoms with Crippen molar-refractivity contribution in [1.29, 1.82) is 0 Å². The summed E-state index contributed by atoms with van der Waals surface area (Å²) in [6.07, 6.45) is 1.33. The molecule has 0 aliphatic carbocycles. The second kappa shape index (κ2) is 5.94. The van der Waals surface area contributed by atoms with Crippen LogP contribution in [0, 0.1) is 23.4 Å². The lowest BCUT2D eigenvalue weighted by Crippen LogP contribution is -2.45. The molecule has 21 heavy (non-hydrogen) atoms. The van der Waals surface area contributed by atoms with Gasteiger partial charge in [-0.3, -0.25) is 0 Å². The summed E-state index contributed by atoms with van der Waals surface area (Å²) in [5.74, 6) is -4.07. The highest BCUT2D eigenvalue weighted by molar-refractivity contribution is 7.89. The van der Waals surface area contributed by atoms with E-state index in [9.17, 15) is 21.6 Å². The van der Waals surface area contributed by atoms with Gasteiger partial charge in [-0.25, -0.2) is 21.6 Å². The van der Waals surface area contributed by atoms with E-state index in [0.717, 1.165) is 10.7 Å². The summed E-state index contributed by atoms with van der Waals surface area (Å²) >= 11 is 0. The van der Waals surface area contributed by atoms with Crippen molar-refractivity contribution in [2.75, 3.05) is 13.1 Å². The molecule has 0 unspecified atom stereocenters. The minimum Gasteiger partial charge on any atom is -0.328 e. The van der Waals surface area contributed by atoms with Crippen LogP contribution in [-0.4, -0.2) is 31.9 Å². The van der Waals surface area contributed by atoms with E-state index in [1.54, 1.807) is 6.92 Å². The van der Waals surface area contributed by atoms with Crippen molar-refractivity contribution in [2.45, 2.75) is 30.7 Å². The first-order valence-corrected chi connectivity index (χ1v) is 8.07. The maximum Gasteiger partial charge on any atom is 0.248 e. The van der Waals surface area contributed by atoms with E-state index in [0.29, 0.717) is 18.6 Å². The monoisotopic (exact) mass is 322 g/mol. The topological polar surface area (TPSA) is 63.4 Å². The molecule has 0 bridgehead atoms. The van der Waals surface area contributed by atoms with Crippen LogP contribution in [0.5, 0.6) is 0 Å². The summed E-state index contributed by atoms with van der Waals surface area (Å²) in [5, 5.41) is 0. The maximum atomic E-state index is 13.7. The number of halogens is 3. The van der Waals surface area contributed by atoms with Crippen molar-refractivity contribution < 1.29 is 21.6 Å². The third-order valence-electron chi connectivity index (χ3n) is 3.73. The van der Waals surface area contributed by atoms with Crippen LogP contribution in [0.2, 0.25) is 0 Å². The van der Waals surface area contributed by atoms with E-state index in [1.165, 1.54) is 0 Å². The van der Waals surface area contributed by atoms with E-state index in [4.69, 9.17) is 5.73 Å². The highest BCUT2D eigenvalue weighted by Crippen LogP contribution is 2.28. The van der Waals surface area contributed by atoms with Crippen LogP contribution in [0.4, 0.5) is 13.2 Å². The molecule has 1 heterocycles. The van der Waals surface area contributed by atoms with Gasteiger partial charge in [0.25, 0.3) is 0 Å². The van der Waals surface area contributed by atoms with E-state index >= 15 is 0 Å². The normalized spacial score (nSPS) is 22.2. The Morgan fingerprint density at radius 3 is 2.38 bits per heavy atom. The fourth-order valence-corrected chi connectivity index (χ4v) is 4.15. The average Bonchev–Trinajstić information content (AvgIpc) is 2.37. The third kappa shape index (κ3) is 3.22. The Hall–Kier alpha value is -1.12. The van der Waals surface area contributed by atoms with E-state index in [-0.39, 0.29) is 25.0 Å². The first kappa shape index (κ1) is 16.3. The number of hydrogen-bond acceptors (Lipinski definition) is 3. The zero-order valence-electron chi connectivity index (χ0n) is 11.5. The van der Waals surface area contributed by atoms with Gasteiger partial charge in [-0.2, -0.15) is 4.31 Å². The lowest BCUT2D eigenvalue weighted by Gasteiger charge is -2.33. The van der Waals surface area contributed by atoms with E-state index in [2.05, 4.69) is 0 Å². The highest BCUT2D eigenvalue weighted by atomic mass is 32.2. The number of hydrogen-bond donors (Lipinski definition) is 1. The van der Waals surface area contributed by atoms with Crippen molar-refractivity contribution in [3.05, 3.63) is 29.6 Å². The van der Waals surface area contributed by atoms with Crippen LogP contribution in [0.1, 0.15) is 19.8 Å². The summed E-state index contributed by atoms with van der Waals surface area (Å²) in [6.45, 7) is 2.04. The molecule has 2 rings (SSSR count). The van der Waals surface area contributed by atoms with Gasteiger partial charge in [0.1, 0.15) is 17.5 Å². The van der Waals surface area contributed by atoms with Crippen molar-refractivity contribution >= 4 is 10.0 Å². The Morgan fingerprint density at radius 2 is 1.86 bits per heavy atom. The van der Waals surface area contributed by atoms with Crippen LogP contribution in [-0.2, 0) is 10.0 Å². The van der Waals surface area contributed by atoms with Crippen LogP contribution >= 0.6 is 0 Å². The quantitative estimate of drug-likeness (QED) is 0.924. The maximum absolute atomic E-state index is 13.7. The molecular formula is C13H17F3N2O2S. The first-order valence-electron chi connectivity index (χ1n) is 6.63. The second-order valence-electron chi connectivity index (χ2n) is 5.32. The minimum atomic E-state index is -4.35. The lowest BCUT2D eigenvalue weighted by molar-refractivity contribution is 0.242. The van der Waals surface area contributed by atoms with Gasteiger partial charge in [0.05, 0.1) is 0 Å². The molecule has 0 spiro atoms. The van der Waals surface area contributed by atoms with Crippen LogP contribution in [0.3, 0.4) is 0 Å². The molecule has 1 aromatic carbocycles. The Bertz CT molecular complexity index is 611. The summed E-state index contributed by atoms with van der Waals surface area (Å²) in [7, 11) is -4.35. The number of nitrogens with two attached hydrogens (primary N) is 1. The fraction of sp³-hybridized carbons (Fsp3) is 0.538. The van der Waals surface area contributed by atoms with Gasteiger partial charge < -0.3 is 5.73 Å². The van der Waals surface area contributed by atoms with Gasteiger partial charge >= 0.3 is 0 Å². The Morgan fingerprint density at radius 1 is 1.29 bits per heavy atom. The van der Waals surface area contributed by atoms with Crippen molar-refractivity contribution in [3.8, 4) is 0 Å². The Balaban J connectivity index is 2.39.